The summed E-state index contributed by atoms with van der Waals surface area (Å²) in [4.78, 5) is 22.1. The monoisotopic (exact) mass is 402 g/mol. The molecule has 7 heteroatoms. The van der Waals surface area contributed by atoms with Gasteiger partial charge in [0.1, 0.15) is 6.04 Å². The summed E-state index contributed by atoms with van der Waals surface area (Å²) in [6.45, 7) is 5.07. The second kappa shape index (κ2) is 8.62. The number of hydrogen-bond donors (Lipinski definition) is 0. The molecule has 1 aliphatic carbocycles. The molecule has 4 rings (SSSR count). The molecule has 2 fully saturated rings. The van der Waals surface area contributed by atoms with Crippen LogP contribution in [-0.2, 0) is 11.3 Å². The van der Waals surface area contributed by atoms with E-state index in [1.54, 1.807) is 0 Å². The summed E-state index contributed by atoms with van der Waals surface area (Å²) in [6.07, 6.45) is 5.10. The fourth-order valence-electron chi connectivity index (χ4n) is 4.36. The molecular formula is C21H27ClN4O2. The van der Waals surface area contributed by atoms with Gasteiger partial charge in [-0.15, -0.1) is 0 Å². The number of aryl methyl sites for hydroxylation is 1. The number of rotatable bonds is 4. The fourth-order valence-corrected chi connectivity index (χ4v) is 4.49. The molecule has 0 bridgehead atoms. The van der Waals surface area contributed by atoms with Crippen LogP contribution >= 0.6 is 11.6 Å². The molecule has 1 aromatic carbocycles. The van der Waals surface area contributed by atoms with Crippen molar-refractivity contribution in [3.8, 4) is 0 Å². The van der Waals surface area contributed by atoms with E-state index in [1.807, 2.05) is 24.0 Å². The van der Waals surface area contributed by atoms with Gasteiger partial charge in [0.2, 0.25) is 11.8 Å². The van der Waals surface area contributed by atoms with Crippen LogP contribution in [0.5, 0.6) is 0 Å². The number of halogens is 1. The minimum atomic E-state index is -0.135. The lowest BCUT2D eigenvalue weighted by molar-refractivity contribution is -0.138. The summed E-state index contributed by atoms with van der Waals surface area (Å²) in [5.41, 5.74) is 1.23. The predicted molar refractivity (Wildman–Crippen MR) is 107 cm³/mol. The van der Waals surface area contributed by atoms with E-state index in [-0.39, 0.29) is 17.9 Å². The first-order valence-corrected chi connectivity index (χ1v) is 10.6. The third-order valence-corrected chi connectivity index (χ3v) is 6.14. The summed E-state index contributed by atoms with van der Waals surface area (Å²) in [5.74, 6) is 1.59. The third kappa shape index (κ3) is 4.39. The van der Waals surface area contributed by atoms with Crippen LogP contribution in [0.15, 0.2) is 28.8 Å². The number of carbonyl (C=O) groups excluding carboxylic acids is 1. The molecule has 1 saturated heterocycles. The van der Waals surface area contributed by atoms with Gasteiger partial charge in [0.25, 0.3) is 0 Å². The average molecular weight is 403 g/mol. The van der Waals surface area contributed by atoms with Crippen LogP contribution in [0.3, 0.4) is 0 Å². The van der Waals surface area contributed by atoms with E-state index < -0.39 is 0 Å². The Morgan fingerprint density at radius 1 is 1.14 bits per heavy atom. The van der Waals surface area contributed by atoms with Gasteiger partial charge in [-0.05, 0) is 43.9 Å². The first-order chi connectivity index (χ1) is 13.6. The second-order valence-corrected chi connectivity index (χ2v) is 8.34. The number of carbonyl (C=O) groups is 1. The number of benzene rings is 1. The molecule has 6 nitrogen and oxygen atoms in total. The van der Waals surface area contributed by atoms with Gasteiger partial charge in [-0.1, -0.05) is 41.7 Å². The number of aromatic nitrogens is 2. The molecular weight excluding hydrogens is 376 g/mol. The minimum absolute atomic E-state index is 0.135. The van der Waals surface area contributed by atoms with E-state index in [9.17, 15) is 4.79 Å². The Hall–Kier alpha value is -1.92. The number of amides is 1. The number of hydrogen-bond acceptors (Lipinski definition) is 5. The lowest BCUT2D eigenvalue weighted by Crippen LogP contribution is -2.40. The van der Waals surface area contributed by atoms with E-state index >= 15 is 0 Å². The quantitative estimate of drug-likeness (QED) is 0.773. The lowest BCUT2D eigenvalue weighted by atomic mass is 10.0. The van der Waals surface area contributed by atoms with Crippen molar-refractivity contribution in [2.75, 3.05) is 19.6 Å². The molecule has 1 aromatic heterocycles. The Morgan fingerprint density at radius 3 is 2.57 bits per heavy atom. The van der Waals surface area contributed by atoms with Crippen LogP contribution in [0.2, 0.25) is 5.02 Å². The molecule has 28 heavy (non-hydrogen) atoms. The van der Waals surface area contributed by atoms with E-state index in [2.05, 4.69) is 27.2 Å². The van der Waals surface area contributed by atoms with Crippen molar-refractivity contribution in [1.29, 1.82) is 0 Å². The Balaban J connectivity index is 1.51. The highest BCUT2D eigenvalue weighted by Gasteiger charge is 2.36. The topological polar surface area (TPSA) is 62.5 Å². The van der Waals surface area contributed by atoms with Crippen LogP contribution in [0.25, 0.3) is 0 Å². The molecule has 1 amide bonds. The highest BCUT2D eigenvalue weighted by molar-refractivity contribution is 6.30. The first-order valence-electron chi connectivity index (χ1n) is 10.2. The molecule has 150 valence electrons. The normalized spacial score (nSPS) is 21.8. The smallest absolute Gasteiger partial charge is 0.249 e. The molecule has 1 saturated carbocycles. The van der Waals surface area contributed by atoms with Crippen LogP contribution in [0, 0.1) is 12.8 Å². The van der Waals surface area contributed by atoms with Gasteiger partial charge >= 0.3 is 0 Å². The molecule has 0 spiro atoms. The lowest BCUT2D eigenvalue weighted by Gasteiger charge is -2.29. The summed E-state index contributed by atoms with van der Waals surface area (Å²) < 4.78 is 5.48. The molecule has 1 atom stereocenters. The molecule has 0 radical (unpaired) electrons. The van der Waals surface area contributed by atoms with E-state index in [0.717, 1.165) is 56.8 Å². The first kappa shape index (κ1) is 19.4. The number of nitrogens with zero attached hydrogens (tertiary/aromatic N) is 4. The standard InChI is InChI=1S/C21H27ClN4O2/c1-15-23-20(28-24-15)19-10-11-25(14-16-6-8-18(22)9-7-16)12-13-26(19)21(27)17-4-2-3-5-17/h6-9,17,19H,2-5,10-14H2,1H3. The molecule has 2 aromatic rings. The molecule has 2 aliphatic rings. The van der Waals surface area contributed by atoms with Gasteiger partial charge in [0.05, 0.1) is 0 Å². The Labute approximate surface area is 170 Å². The average Bonchev–Trinajstić information content (AvgIpc) is 3.33. The fraction of sp³-hybridized carbons (Fsp3) is 0.571. The zero-order chi connectivity index (χ0) is 19.5. The van der Waals surface area contributed by atoms with E-state index in [1.165, 1.54) is 5.56 Å². The highest BCUT2D eigenvalue weighted by atomic mass is 35.5. The van der Waals surface area contributed by atoms with Crippen molar-refractivity contribution < 1.29 is 9.32 Å². The summed E-state index contributed by atoms with van der Waals surface area (Å²) in [5, 5.41) is 4.71. The van der Waals surface area contributed by atoms with Crippen molar-refractivity contribution in [1.82, 2.24) is 19.9 Å². The van der Waals surface area contributed by atoms with Crippen molar-refractivity contribution >= 4 is 17.5 Å². The maximum atomic E-state index is 13.2. The van der Waals surface area contributed by atoms with Gasteiger partial charge in [-0.25, -0.2) is 0 Å². The van der Waals surface area contributed by atoms with Crippen LogP contribution in [0.4, 0.5) is 0 Å². The minimum Gasteiger partial charge on any atom is -0.337 e. The largest absolute Gasteiger partial charge is 0.337 e. The Kier molecular flexibility index (Phi) is 5.97. The SMILES string of the molecule is Cc1noc(C2CCN(Cc3ccc(Cl)cc3)CCN2C(=O)C2CCCC2)n1. The Bertz CT molecular complexity index is 801. The third-order valence-electron chi connectivity index (χ3n) is 5.89. The van der Waals surface area contributed by atoms with Crippen molar-refractivity contribution in [3.63, 3.8) is 0 Å². The maximum absolute atomic E-state index is 13.2. The van der Waals surface area contributed by atoms with Crippen LogP contribution in [0.1, 0.15) is 55.4 Å². The maximum Gasteiger partial charge on any atom is 0.249 e. The predicted octanol–water partition coefficient (Wildman–Crippen LogP) is 4.00. The molecule has 1 aliphatic heterocycles. The van der Waals surface area contributed by atoms with Crippen molar-refractivity contribution in [2.24, 2.45) is 5.92 Å². The highest BCUT2D eigenvalue weighted by Crippen LogP contribution is 2.32. The van der Waals surface area contributed by atoms with Crippen LogP contribution in [-0.4, -0.2) is 45.5 Å². The summed E-state index contributed by atoms with van der Waals surface area (Å²) >= 11 is 6.00. The van der Waals surface area contributed by atoms with Crippen molar-refractivity contribution in [2.45, 2.75) is 51.6 Å². The van der Waals surface area contributed by atoms with Gasteiger partial charge in [0, 0.05) is 37.1 Å². The summed E-state index contributed by atoms with van der Waals surface area (Å²) in [6, 6.07) is 7.84. The van der Waals surface area contributed by atoms with Crippen molar-refractivity contribution in [3.05, 3.63) is 46.6 Å². The van der Waals surface area contributed by atoms with Gasteiger partial charge < -0.3 is 9.42 Å². The zero-order valence-corrected chi connectivity index (χ0v) is 17.1. The van der Waals surface area contributed by atoms with E-state index in [4.69, 9.17) is 16.1 Å². The van der Waals surface area contributed by atoms with Gasteiger partial charge in [-0.2, -0.15) is 4.98 Å². The van der Waals surface area contributed by atoms with Crippen LogP contribution < -0.4 is 0 Å². The zero-order valence-electron chi connectivity index (χ0n) is 16.3. The van der Waals surface area contributed by atoms with Gasteiger partial charge in [0.15, 0.2) is 5.82 Å². The molecule has 0 N–H and O–H groups in total. The Morgan fingerprint density at radius 2 is 1.89 bits per heavy atom. The summed E-state index contributed by atoms with van der Waals surface area (Å²) in [7, 11) is 0. The second-order valence-electron chi connectivity index (χ2n) is 7.90. The van der Waals surface area contributed by atoms with Gasteiger partial charge in [-0.3, -0.25) is 9.69 Å². The molecule has 2 heterocycles. The van der Waals surface area contributed by atoms with E-state index in [0.29, 0.717) is 18.3 Å². The molecule has 1 unspecified atom stereocenters.